The van der Waals surface area contributed by atoms with Gasteiger partial charge in [-0.15, -0.1) is 0 Å². The van der Waals surface area contributed by atoms with Gasteiger partial charge in [0, 0.05) is 5.69 Å². The molecule has 0 fully saturated rings. The fourth-order valence-corrected chi connectivity index (χ4v) is 1.25. The van der Waals surface area contributed by atoms with E-state index in [-0.39, 0.29) is 25.5 Å². The molecule has 18 heavy (non-hydrogen) atoms. The second-order valence-corrected chi connectivity index (χ2v) is 3.62. The van der Waals surface area contributed by atoms with Crippen molar-refractivity contribution < 1.29 is 23.4 Å². The summed E-state index contributed by atoms with van der Waals surface area (Å²) >= 11 is 0. The van der Waals surface area contributed by atoms with E-state index in [0.29, 0.717) is 5.69 Å². The number of alkyl halides is 2. The second kappa shape index (κ2) is 7.73. The molecule has 0 aliphatic heterocycles. The van der Waals surface area contributed by atoms with Gasteiger partial charge in [-0.2, -0.15) is 0 Å². The zero-order valence-electron chi connectivity index (χ0n) is 9.73. The molecule has 0 atom stereocenters. The number of anilines is 1. The molecule has 4 nitrogen and oxygen atoms in total. The number of aliphatic hydroxyl groups is 1. The minimum absolute atomic E-state index is 0.0223. The van der Waals surface area contributed by atoms with Gasteiger partial charge < -0.3 is 15.2 Å². The topological polar surface area (TPSA) is 58.6 Å². The molecule has 1 amide bonds. The molecule has 1 aromatic rings. The summed E-state index contributed by atoms with van der Waals surface area (Å²) in [5.74, 6) is -0.305. The molecule has 1 aromatic carbocycles. The van der Waals surface area contributed by atoms with Gasteiger partial charge in [-0.1, -0.05) is 12.1 Å². The van der Waals surface area contributed by atoms with Crippen molar-refractivity contribution in [2.45, 2.75) is 19.5 Å². The summed E-state index contributed by atoms with van der Waals surface area (Å²) in [6.07, 6.45) is -2.49. The summed E-state index contributed by atoms with van der Waals surface area (Å²) in [6, 6.07) is 6.68. The van der Waals surface area contributed by atoms with Crippen molar-refractivity contribution in [2.24, 2.45) is 0 Å². The number of hydrogen-bond acceptors (Lipinski definition) is 3. The Morgan fingerprint density at radius 1 is 1.33 bits per heavy atom. The minimum Gasteiger partial charge on any atom is -0.392 e. The van der Waals surface area contributed by atoms with Gasteiger partial charge in [0.05, 0.1) is 19.6 Å². The summed E-state index contributed by atoms with van der Waals surface area (Å²) in [6.45, 7) is -0.751. The van der Waals surface area contributed by atoms with Crippen molar-refractivity contribution in [2.75, 3.05) is 18.5 Å². The van der Waals surface area contributed by atoms with E-state index < -0.39 is 13.0 Å². The molecule has 0 aromatic heterocycles. The van der Waals surface area contributed by atoms with Crippen LogP contribution >= 0.6 is 0 Å². The van der Waals surface area contributed by atoms with Crippen molar-refractivity contribution >= 4 is 11.6 Å². The van der Waals surface area contributed by atoms with Crippen LogP contribution in [0.5, 0.6) is 0 Å². The first kappa shape index (κ1) is 14.5. The third kappa shape index (κ3) is 5.70. The van der Waals surface area contributed by atoms with E-state index in [0.717, 1.165) is 5.56 Å². The maximum absolute atomic E-state index is 11.7. The molecule has 0 saturated heterocycles. The predicted molar refractivity (Wildman–Crippen MR) is 62.4 cm³/mol. The lowest BCUT2D eigenvalue weighted by Gasteiger charge is -2.06. The Kier molecular flexibility index (Phi) is 6.24. The molecule has 6 heteroatoms. The predicted octanol–water partition coefficient (Wildman–Crippen LogP) is 1.79. The monoisotopic (exact) mass is 259 g/mol. The standard InChI is InChI=1S/C12H15F2NO3/c13-11(14)8-18-6-5-12(17)15-10-3-1-9(7-16)2-4-10/h1-4,11,16H,5-8H2,(H,15,17). The second-order valence-electron chi connectivity index (χ2n) is 3.62. The van der Waals surface area contributed by atoms with Crippen LogP contribution in [0.1, 0.15) is 12.0 Å². The van der Waals surface area contributed by atoms with Gasteiger partial charge in [0.2, 0.25) is 5.91 Å². The van der Waals surface area contributed by atoms with E-state index in [9.17, 15) is 13.6 Å². The number of ether oxygens (including phenoxy) is 1. The fraction of sp³-hybridized carbons (Fsp3) is 0.417. The molecule has 0 heterocycles. The summed E-state index contributed by atoms with van der Waals surface area (Å²) in [4.78, 5) is 11.4. The van der Waals surface area contributed by atoms with E-state index in [1.807, 2.05) is 0 Å². The maximum Gasteiger partial charge on any atom is 0.261 e. The van der Waals surface area contributed by atoms with Gasteiger partial charge in [0.25, 0.3) is 6.43 Å². The van der Waals surface area contributed by atoms with E-state index in [2.05, 4.69) is 10.1 Å². The molecule has 0 spiro atoms. The molecule has 2 N–H and O–H groups in total. The average Bonchev–Trinajstić information content (AvgIpc) is 2.35. The van der Waals surface area contributed by atoms with Gasteiger partial charge in [0.15, 0.2) is 0 Å². The van der Waals surface area contributed by atoms with Crippen LogP contribution < -0.4 is 5.32 Å². The molecule has 0 unspecified atom stereocenters. The van der Waals surface area contributed by atoms with Gasteiger partial charge in [-0.25, -0.2) is 8.78 Å². The molecule has 0 saturated carbocycles. The first-order valence-electron chi connectivity index (χ1n) is 5.47. The summed E-state index contributed by atoms with van der Waals surface area (Å²) in [5.41, 5.74) is 1.33. The highest BCUT2D eigenvalue weighted by molar-refractivity contribution is 5.90. The number of carbonyl (C=O) groups excluding carboxylic acids is 1. The highest BCUT2D eigenvalue weighted by Crippen LogP contribution is 2.09. The lowest BCUT2D eigenvalue weighted by atomic mass is 10.2. The molecular weight excluding hydrogens is 244 g/mol. The molecule has 100 valence electrons. The number of halogens is 2. The normalized spacial score (nSPS) is 10.7. The quantitative estimate of drug-likeness (QED) is 0.734. The lowest BCUT2D eigenvalue weighted by molar-refractivity contribution is -0.117. The van der Waals surface area contributed by atoms with Crippen LogP contribution in [-0.2, 0) is 16.1 Å². The van der Waals surface area contributed by atoms with Gasteiger partial charge >= 0.3 is 0 Å². The Balaban J connectivity index is 2.26. The van der Waals surface area contributed by atoms with E-state index in [1.54, 1.807) is 24.3 Å². The third-order valence-electron chi connectivity index (χ3n) is 2.14. The summed E-state index contributed by atoms with van der Waals surface area (Å²) in [7, 11) is 0. The van der Waals surface area contributed by atoms with Crippen LogP contribution in [0.25, 0.3) is 0 Å². The first-order valence-corrected chi connectivity index (χ1v) is 5.47. The lowest BCUT2D eigenvalue weighted by Crippen LogP contribution is -2.15. The highest BCUT2D eigenvalue weighted by Gasteiger charge is 2.05. The van der Waals surface area contributed by atoms with Crippen molar-refractivity contribution in [3.63, 3.8) is 0 Å². The Hall–Kier alpha value is -1.53. The summed E-state index contributed by atoms with van der Waals surface area (Å²) < 4.78 is 28.1. The average molecular weight is 259 g/mol. The van der Waals surface area contributed by atoms with Crippen molar-refractivity contribution in [3.05, 3.63) is 29.8 Å². The van der Waals surface area contributed by atoms with Crippen LogP contribution in [-0.4, -0.2) is 30.7 Å². The Morgan fingerprint density at radius 3 is 2.56 bits per heavy atom. The van der Waals surface area contributed by atoms with Crippen molar-refractivity contribution in [1.82, 2.24) is 0 Å². The van der Waals surface area contributed by atoms with Crippen molar-refractivity contribution in [3.8, 4) is 0 Å². The highest BCUT2D eigenvalue weighted by atomic mass is 19.3. The van der Waals surface area contributed by atoms with E-state index in [1.165, 1.54) is 0 Å². The molecule has 1 rings (SSSR count). The molecule has 0 aliphatic carbocycles. The zero-order chi connectivity index (χ0) is 13.4. The van der Waals surface area contributed by atoms with Gasteiger partial charge in [0.1, 0.15) is 6.61 Å². The Bertz CT molecular complexity index is 368. The molecule has 0 aliphatic rings. The van der Waals surface area contributed by atoms with Crippen LogP contribution in [0.15, 0.2) is 24.3 Å². The SMILES string of the molecule is O=C(CCOCC(F)F)Nc1ccc(CO)cc1. The number of nitrogens with one attached hydrogen (secondary N) is 1. The van der Waals surface area contributed by atoms with Crippen molar-refractivity contribution in [1.29, 1.82) is 0 Å². The van der Waals surface area contributed by atoms with Crippen LogP contribution in [0, 0.1) is 0 Å². The van der Waals surface area contributed by atoms with Crippen LogP contribution in [0.3, 0.4) is 0 Å². The number of benzene rings is 1. The van der Waals surface area contributed by atoms with E-state index >= 15 is 0 Å². The third-order valence-corrected chi connectivity index (χ3v) is 2.14. The Labute approximate surface area is 104 Å². The largest absolute Gasteiger partial charge is 0.392 e. The molecule has 0 radical (unpaired) electrons. The first-order chi connectivity index (χ1) is 8.61. The Morgan fingerprint density at radius 2 is 2.00 bits per heavy atom. The fourth-order valence-electron chi connectivity index (χ4n) is 1.25. The summed E-state index contributed by atoms with van der Waals surface area (Å²) in [5, 5.41) is 11.4. The number of aliphatic hydroxyl groups excluding tert-OH is 1. The zero-order valence-corrected chi connectivity index (χ0v) is 9.73. The van der Waals surface area contributed by atoms with E-state index in [4.69, 9.17) is 5.11 Å². The van der Waals surface area contributed by atoms with Gasteiger partial charge in [-0.3, -0.25) is 4.79 Å². The smallest absolute Gasteiger partial charge is 0.261 e. The molecular formula is C12H15F2NO3. The van der Waals surface area contributed by atoms with Crippen LogP contribution in [0.2, 0.25) is 0 Å². The maximum atomic E-state index is 11.7. The molecule has 0 bridgehead atoms. The van der Waals surface area contributed by atoms with Crippen LogP contribution in [0.4, 0.5) is 14.5 Å². The number of carbonyl (C=O) groups is 1. The number of hydrogen-bond donors (Lipinski definition) is 2. The number of amides is 1. The minimum atomic E-state index is -2.51. The number of rotatable bonds is 7. The van der Waals surface area contributed by atoms with Gasteiger partial charge in [-0.05, 0) is 17.7 Å².